The minimum absolute atomic E-state index is 0.0231. The standard InChI is InChI=1S/C20H23N5O5S/c1-4-5-11-21-31(29,30)14-8-6-7-13(12-14)22-18(26)16-10-9-15-17(23-16)24(2)20(28)25(3)19(15)27/h6-10,12,21H,4-5,11H2,1-3H3,(H,22,26). The average Bonchev–Trinajstić information content (AvgIpc) is 2.76. The number of hydrogen-bond donors (Lipinski definition) is 2. The molecule has 0 aliphatic heterocycles. The van der Waals surface area contributed by atoms with E-state index in [1.165, 1.54) is 49.0 Å². The van der Waals surface area contributed by atoms with Gasteiger partial charge in [0.25, 0.3) is 11.5 Å². The second-order valence-corrected chi connectivity index (χ2v) is 8.77. The molecule has 0 unspecified atom stereocenters. The average molecular weight is 446 g/mol. The van der Waals surface area contributed by atoms with Gasteiger partial charge in [0.2, 0.25) is 10.0 Å². The van der Waals surface area contributed by atoms with Crippen LogP contribution in [0, 0.1) is 0 Å². The predicted molar refractivity (Wildman–Crippen MR) is 117 cm³/mol. The van der Waals surface area contributed by atoms with Gasteiger partial charge in [-0.25, -0.2) is 22.9 Å². The number of amides is 1. The summed E-state index contributed by atoms with van der Waals surface area (Å²) in [6, 6.07) is 8.65. The number of anilines is 1. The Bertz CT molecular complexity index is 1370. The summed E-state index contributed by atoms with van der Waals surface area (Å²) in [6.45, 7) is 2.29. The highest BCUT2D eigenvalue weighted by molar-refractivity contribution is 7.89. The Morgan fingerprint density at radius 3 is 2.55 bits per heavy atom. The molecule has 3 rings (SSSR count). The maximum absolute atomic E-state index is 12.7. The molecule has 0 bridgehead atoms. The molecule has 0 spiro atoms. The van der Waals surface area contributed by atoms with Crippen LogP contribution >= 0.6 is 0 Å². The SMILES string of the molecule is CCCCNS(=O)(=O)c1cccc(NC(=O)c2ccc3c(=O)n(C)c(=O)n(C)c3n2)c1. The summed E-state index contributed by atoms with van der Waals surface area (Å²) in [4.78, 5) is 41.2. The monoisotopic (exact) mass is 445 g/mol. The van der Waals surface area contributed by atoms with Gasteiger partial charge < -0.3 is 5.32 Å². The van der Waals surface area contributed by atoms with Crippen molar-refractivity contribution < 1.29 is 13.2 Å². The summed E-state index contributed by atoms with van der Waals surface area (Å²) in [5.74, 6) is -0.608. The van der Waals surface area contributed by atoms with E-state index in [4.69, 9.17) is 0 Å². The van der Waals surface area contributed by atoms with Crippen molar-refractivity contribution in [3.05, 3.63) is 62.9 Å². The summed E-state index contributed by atoms with van der Waals surface area (Å²) >= 11 is 0. The Labute approximate surface area is 178 Å². The van der Waals surface area contributed by atoms with E-state index in [-0.39, 0.29) is 27.3 Å². The van der Waals surface area contributed by atoms with E-state index >= 15 is 0 Å². The first-order valence-electron chi connectivity index (χ1n) is 9.63. The van der Waals surface area contributed by atoms with Crippen LogP contribution in [0.5, 0.6) is 0 Å². The second-order valence-electron chi connectivity index (χ2n) is 7.01. The van der Waals surface area contributed by atoms with E-state index in [9.17, 15) is 22.8 Å². The zero-order valence-corrected chi connectivity index (χ0v) is 18.2. The molecule has 0 aliphatic rings. The number of nitrogens with zero attached hydrogens (tertiary/aromatic N) is 3. The number of aromatic nitrogens is 3. The highest BCUT2D eigenvalue weighted by Gasteiger charge is 2.16. The van der Waals surface area contributed by atoms with Gasteiger partial charge in [0.05, 0.1) is 10.3 Å². The van der Waals surface area contributed by atoms with Crippen molar-refractivity contribution in [2.24, 2.45) is 14.1 Å². The van der Waals surface area contributed by atoms with Gasteiger partial charge in [-0.3, -0.25) is 18.7 Å². The lowest BCUT2D eigenvalue weighted by Crippen LogP contribution is -2.37. The molecular weight excluding hydrogens is 422 g/mol. The third kappa shape index (κ3) is 4.57. The normalized spacial score (nSPS) is 11.6. The fourth-order valence-electron chi connectivity index (χ4n) is 2.98. The fourth-order valence-corrected chi connectivity index (χ4v) is 4.10. The number of benzene rings is 1. The molecule has 2 heterocycles. The smallest absolute Gasteiger partial charge is 0.321 e. The van der Waals surface area contributed by atoms with Crippen LogP contribution in [0.1, 0.15) is 30.3 Å². The first-order valence-corrected chi connectivity index (χ1v) is 11.1. The van der Waals surface area contributed by atoms with E-state index < -0.39 is 27.2 Å². The number of unbranched alkanes of at least 4 members (excludes halogenated alkanes) is 1. The minimum atomic E-state index is -3.70. The number of hydrogen-bond acceptors (Lipinski definition) is 6. The molecule has 1 aromatic carbocycles. The lowest BCUT2D eigenvalue weighted by Gasteiger charge is -2.10. The lowest BCUT2D eigenvalue weighted by atomic mass is 10.2. The van der Waals surface area contributed by atoms with Crippen molar-refractivity contribution >= 4 is 32.7 Å². The van der Waals surface area contributed by atoms with Crippen LogP contribution in [0.3, 0.4) is 0 Å². The fraction of sp³-hybridized carbons (Fsp3) is 0.300. The molecule has 2 N–H and O–H groups in total. The first kappa shape index (κ1) is 22.4. The number of nitrogens with one attached hydrogen (secondary N) is 2. The molecular formula is C20H23N5O5S. The molecule has 164 valence electrons. The number of aryl methyl sites for hydroxylation is 1. The number of fused-ring (bicyclic) bond motifs is 1. The maximum atomic E-state index is 12.7. The van der Waals surface area contributed by atoms with E-state index in [1.54, 1.807) is 6.07 Å². The van der Waals surface area contributed by atoms with Crippen molar-refractivity contribution in [2.75, 3.05) is 11.9 Å². The van der Waals surface area contributed by atoms with Gasteiger partial charge in [0, 0.05) is 26.3 Å². The van der Waals surface area contributed by atoms with Gasteiger partial charge in [-0.15, -0.1) is 0 Å². The van der Waals surface area contributed by atoms with Crippen LogP contribution in [0.25, 0.3) is 11.0 Å². The Morgan fingerprint density at radius 1 is 1.10 bits per heavy atom. The molecule has 2 aromatic heterocycles. The molecule has 0 saturated carbocycles. The summed E-state index contributed by atoms with van der Waals surface area (Å²) < 4.78 is 29.4. The molecule has 0 fully saturated rings. The molecule has 0 radical (unpaired) electrons. The Hall–Kier alpha value is -3.31. The first-order chi connectivity index (χ1) is 14.7. The van der Waals surface area contributed by atoms with Crippen molar-refractivity contribution in [2.45, 2.75) is 24.7 Å². The zero-order chi connectivity index (χ0) is 22.8. The van der Waals surface area contributed by atoms with Crippen LogP contribution in [-0.4, -0.2) is 35.0 Å². The molecule has 0 atom stereocenters. The molecule has 31 heavy (non-hydrogen) atoms. The van der Waals surface area contributed by atoms with Gasteiger partial charge in [-0.05, 0) is 36.8 Å². The van der Waals surface area contributed by atoms with Crippen molar-refractivity contribution in [1.82, 2.24) is 18.8 Å². The summed E-state index contributed by atoms with van der Waals surface area (Å²) in [7, 11) is -0.875. The van der Waals surface area contributed by atoms with Gasteiger partial charge >= 0.3 is 5.69 Å². The van der Waals surface area contributed by atoms with Gasteiger partial charge in [-0.1, -0.05) is 19.4 Å². The van der Waals surface area contributed by atoms with Crippen molar-refractivity contribution in [3.8, 4) is 0 Å². The van der Waals surface area contributed by atoms with E-state index in [0.29, 0.717) is 6.54 Å². The third-order valence-corrected chi connectivity index (χ3v) is 6.22. The quantitative estimate of drug-likeness (QED) is 0.521. The maximum Gasteiger partial charge on any atom is 0.332 e. The van der Waals surface area contributed by atoms with E-state index in [1.807, 2.05) is 6.92 Å². The van der Waals surface area contributed by atoms with E-state index in [0.717, 1.165) is 17.4 Å². The number of sulfonamides is 1. The molecule has 11 heteroatoms. The molecule has 0 saturated heterocycles. The van der Waals surface area contributed by atoms with Gasteiger partial charge in [0.1, 0.15) is 11.3 Å². The molecule has 1 amide bonds. The Kier molecular flexibility index (Phi) is 6.37. The summed E-state index contributed by atoms with van der Waals surface area (Å²) in [6.07, 6.45) is 1.57. The Morgan fingerprint density at radius 2 is 1.84 bits per heavy atom. The van der Waals surface area contributed by atoms with Crippen molar-refractivity contribution in [3.63, 3.8) is 0 Å². The van der Waals surface area contributed by atoms with Gasteiger partial charge in [-0.2, -0.15) is 0 Å². The largest absolute Gasteiger partial charge is 0.332 e. The third-order valence-electron chi connectivity index (χ3n) is 4.76. The number of carbonyl (C=O) groups excluding carboxylic acids is 1. The van der Waals surface area contributed by atoms with Crippen LogP contribution in [0.4, 0.5) is 5.69 Å². The second kappa shape index (κ2) is 8.82. The molecule has 10 nitrogen and oxygen atoms in total. The lowest BCUT2D eigenvalue weighted by molar-refractivity contribution is 0.102. The highest BCUT2D eigenvalue weighted by Crippen LogP contribution is 2.17. The topological polar surface area (TPSA) is 132 Å². The van der Waals surface area contributed by atoms with Crippen LogP contribution in [-0.2, 0) is 24.1 Å². The number of rotatable bonds is 7. The van der Waals surface area contributed by atoms with Crippen molar-refractivity contribution in [1.29, 1.82) is 0 Å². The summed E-state index contributed by atoms with van der Waals surface area (Å²) in [5.41, 5.74) is -0.743. The molecule has 3 aromatic rings. The van der Waals surface area contributed by atoms with E-state index in [2.05, 4.69) is 15.0 Å². The minimum Gasteiger partial charge on any atom is -0.321 e. The Balaban J connectivity index is 1.89. The van der Waals surface area contributed by atoms with Crippen LogP contribution in [0.15, 0.2) is 50.9 Å². The number of pyridine rings is 1. The molecule has 0 aliphatic carbocycles. The zero-order valence-electron chi connectivity index (χ0n) is 17.4. The predicted octanol–water partition coefficient (Wildman–Crippen LogP) is 0.963. The van der Waals surface area contributed by atoms with Crippen LogP contribution in [0.2, 0.25) is 0 Å². The summed E-state index contributed by atoms with van der Waals surface area (Å²) in [5, 5.41) is 2.80. The van der Waals surface area contributed by atoms with Crippen LogP contribution < -0.4 is 21.3 Å². The van der Waals surface area contributed by atoms with Gasteiger partial charge in [0.15, 0.2) is 0 Å². The number of carbonyl (C=O) groups is 1. The highest BCUT2D eigenvalue weighted by atomic mass is 32.2.